The second-order valence-electron chi connectivity index (χ2n) is 4.65. The molecule has 0 spiro atoms. The summed E-state index contributed by atoms with van der Waals surface area (Å²) in [5.41, 5.74) is -0.437. The highest BCUT2D eigenvalue weighted by Gasteiger charge is 2.32. The predicted octanol–water partition coefficient (Wildman–Crippen LogP) is 2.75. The van der Waals surface area contributed by atoms with Crippen molar-refractivity contribution in [2.24, 2.45) is 0 Å². The highest BCUT2D eigenvalue weighted by molar-refractivity contribution is 5.94. The molecule has 1 aliphatic carbocycles. The van der Waals surface area contributed by atoms with Crippen molar-refractivity contribution >= 4 is 11.6 Å². The van der Waals surface area contributed by atoms with E-state index in [0.29, 0.717) is 6.54 Å². The summed E-state index contributed by atoms with van der Waals surface area (Å²) in [6.07, 6.45) is 2.78. The topological polar surface area (TPSA) is 63.5 Å². The predicted molar refractivity (Wildman–Crippen MR) is 67.4 cm³/mol. The number of hydrogen-bond acceptors (Lipinski definition) is 3. The molecule has 0 N–H and O–H groups in total. The number of nitrogens with zero attached hydrogens (tertiary/aromatic N) is 2. The number of carbonyl (C=O) groups excluding carboxylic acids is 1. The van der Waals surface area contributed by atoms with Gasteiger partial charge in [-0.2, -0.15) is 4.39 Å². The minimum absolute atomic E-state index is 0.170. The lowest BCUT2D eigenvalue weighted by molar-refractivity contribution is -0.387. The first-order valence-electron chi connectivity index (χ1n) is 6.29. The lowest BCUT2D eigenvalue weighted by atomic mass is 10.1. The minimum Gasteiger partial charge on any atom is -0.336 e. The van der Waals surface area contributed by atoms with Gasteiger partial charge in [0.25, 0.3) is 5.91 Å². The summed E-state index contributed by atoms with van der Waals surface area (Å²) in [7, 11) is 0. The Morgan fingerprint density at radius 1 is 1.53 bits per heavy atom. The van der Waals surface area contributed by atoms with Gasteiger partial charge in [0.2, 0.25) is 5.82 Å². The van der Waals surface area contributed by atoms with Gasteiger partial charge in [0.1, 0.15) is 0 Å². The van der Waals surface area contributed by atoms with Gasteiger partial charge in [0.05, 0.1) is 4.92 Å². The maximum absolute atomic E-state index is 13.5. The first kappa shape index (κ1) is 13.5. The van der Waals surface area contributed by atoms with E-state index in [-0.39, 0.29) is 17.5 Å². The molecule has 1 saturated carbocycles. The van der Waals surface area contributed by atoms with Gasteiger partial charge in [-0.1, -0.05) is 6.92 Å². The fourth-order valence-corrected chi connectivity index (χ4v) is 2.03. The highest BCUT2D eigenvalue weighted by atomic mass is 19.1. The number of carbonyl (C=O) groups is 1. The largest absolute Gasteiger partial charge is 0.336 e. The van der Waals surface area contributed by atoms with Crippen LogP contribution in [0.4, 0.5) is 10.1 Å². The molecule has 0 aromatic heterocycles. The number of benzene rings is 1. The first-order valence-corrected chi connectivity index (χ1v) is 6.29. The molecule has 1 amide bonds. The number of halogens is 1. The van der Waals surface area contributed by atoms with E-state index in [1.165, 1.54) is 6.07 Å². The van der Waals surface area contributed by atoms with Gasteiger partial charge < -0.3 is 4.90 Å². The smallest absolute Gasteiger partial charge is 0.304 e. The van der Waals surface area contributed by atoms with E-state index in [0.717, 1.165) is 31.4 Å². The SMILES string of the molecule is CCCN(C(=O)c1ccc([N+](=O)[O-])c(F)c1)C1CC1. The van der Waals surface area contributed by atoms with Crippen LogP contribution in [0.3, 0.4) is 0 Å². The standard InChI is InChI=1S/C13H15FN2O3/c1-2-7-15(10-4-5-10)13(17)9-3-6-12(16(18)19)11(14)8-9/h3,6,8,10H,2,4-5,7H2,1H3. The van der Waals surface area contributed by atoms with Crippen LogP contribution >= 0.6 is 0 Å². The van der Waals surface area contributed by atoms with E-state index < -0.39 is 16.4 Å². The zero-order valence-corrected chi connectivity index (χ0v) is 10.6. The normalized spacial score (nSPS) is 14.2. The molecule has 102 valence electrons. The Bertz CT molecular complexity index is 515. The molecular formula is C13H15FN2O3. The molecular weight excluding hydrogens is 251 g/mol. The molecule has 19 heavy (non-hydrogen) atoms. The van der Waals surface area contributed by atoms with Gasteiger partial charge in [-0.05, 0) is 31.4 Å². The van der Waals surface area contributed by atoms with Crippen LogP contribution in [0, 0.1) is 15.9 Å². The van der Waals surface area contributed by atoms with Crippen molar-refractivity contribution in [2.45, 2.75) is 32.2 Å². The maximum Gasteiger partial charge on any atom is 0.304 e. The lowest BCUT2D eigenvalue weighted by Gasteiger charge is -2.21. The fourth-order valence-electron chi connectivity index (χ4n) is 2.03. The Balaban J connectivity index is 2.23. The molecule has 0 saturated heterocycles. The molecule has 1 aromatic carbocycles. The number of amides is 1. The van der Waals surface area contributed by atoms with Gasteiger partial charge in [0, 0.05) is 24.2 Å². The van der Waals surface area contributed by atoms with E-state index >= 15 is 0 Å². The molecule has 0 bridgehead atoms. The second-order valence-corrected chi connectivity index (χ2v) is 4.65. The van der Waals surface area contributed by atoms with Crippen molar-refractivity contribution in [3.8, 4) is 0 Å². The fraction of sp³-hybridized carbons (Fsp3) is 0.462. The number of rotatable bonds is 5. The molecule has 0 atom stereocenters. The Labute approximate surface area is 110 Å². The van der Waals surface area contributed by atoms with E-state index in [1.807, 2.05) is 6.92 Å². The van der Waals surface area contributed by atoms with E-state index in [4.69, 9.17) is 0 Å². The zero-order chi connectivity index (χ0) is 14.0. The van der Waals surface area contributed by atoms with Crippen molar-refractivity contribution in [1.82, 2.24) is 4.90 Å². The Hall–Kier alpha value is -1.98. The number of nitro groups is 1. The lowest BCUT2D eigenvalue weighted by Crippen LogP contribution is -2.33. The van der Waals surface area contributed by atoms with Crippen LogP contribution in [0.2, 0.25) is 0 Å². The van der Waals surface area contributed by atoms with Crippen molar-refractivity contribution in [3.63, 3.8) is 0 Å². The summed E-state index contributed by atoms with van der Waals surface area (Å²) >= 11 is 0. The molecule has 0 aliphatic heterocycles. The highest BCUT2D eigenvalue weighted by Crippen LogP contribution is 2.29. The van der Waals surface area contributed by atoms with Crippen LogP contribution < -0.4 is 0 Å². The monoisotopic (exact) mass is 266 g/mol. The Kier molecular flexibility index (Phi) is 3.78. The minimum atomic E-state index is -0.969. The van der Waals surface area contributed by atoms with E-state index in [2.05, 4.69) is 0 Å². The van der Waals surface area contributed by atoms with Gasteiger partial charge >= 0.3 is 5.69 Å². The Morgan fingerprint density at radius 3 is 2.68 bits per heavy atom. The number of hydrogen-bond donors (Lipinski definition) is 0. The van der Waals surface area contributed by atoms with Crippen LogP contribution in [0.25, 0.3) is 0 Å². The maximum atomic E-state index is 13.5. The average molecular weight is 266 g/mol. The second kappa shape index (κ2) is 5.34. The molecule has 6 heteroatoms. The van der Waals surface area contributed by atoms with Crippen LogP contribution in [0.5, 0.6) is 0 Å². The van der Waals surface area contributed by atoms with Crippen molar-refractivity contribution in [1.29, 1.82) is 0 Å². The molecule has 5 nitrogen and oxygen atoms in total. The molecule has 1 aromatic rings. The van der Waals surface area contributed by atoms with Crippen LogP contribution in [-0.4, -0.2) is 28.3 Å². The third kappa shape index (κ3) is 2.89. The third-order valence-electron chi connectivity index (χ3n) is 3.10. The summed E-state index contributed by atoms with van der Waals surface area (Å²) in [6, 6.07) is 3.55. The van der Waals surface area contributed by atoms with E-state index in [1.54, 1.807) is 4.90 Å². The van der Waals surface area contributed by atoms with Crippen molar-refractivity contribution in [3.05, 3.63) is 39.7 Å². The molecule has 2 rings (SSSR count). The summed E-state index contributed by atoms with van der Waals surface area (Å²) < 4.78 is 13.5. The van der Waals surface area contributed by atoms with Crippen molar-refractivity contribution in [2.75, 3.05) is 6.54 Å². The third-order valence-corrected chi connectivity index (χ3v) is 3.10. The van der Waals surface area contributed by atoms with Crippen LogP contribution in [0.1, 0.15) is 36.5 Å². The van der Waals surface area contributed by atoms with Gasteiger partial charge in [0.15, 0.2) is 0 Å². The first-order chi connectivity index (χ1) is 9.04. The molecule has 0 radical (unpaired) electrons. The summed E-state index contributed by atoms with van der Waals surface area (Å²) in [5.74, 6) is -1.22. The van der Waals surface area contributed by atoms with Gasteiger partial charge in [-0.15, -0.1) is 0 Å². The summed E-state index contributed by atoms with van der Waals surface area (Å²) in [5, 5.41) is 10.5. The van der Waals surface area contributed by atoms with Crippen LogP contribution in [0.15, 0.2) is 18.2 Å². The van der Waals surface area contributed by atoms with Gasteiger partial charge in [-0.3, -0.25) is 14.9 Å². The Morgan fingerprint density at radius 2 is 2.21 bits per heavy atom. The average Bonchev–Trinajstić information content (AvgIpc) is 3.18. The molecule has 1 fully saturated rings. The molecule has 1 aliphatic rings. The van der Waals surface area contributed by atoms with Crippen molar-refractivity contribution < 1.29 is 14.1 Å². The molecule has 0 heterocycles. The van der Waals surface area contributed by atoms with Gasteiger partial charge in [-0.25, -0.2) is 0 Å². The quantitative estimate of drug-likeness (QED) is 0.608. The zero-order valence-electron chi connectivity index (χ0n) is 10.6. The van der Waals surface area contributed by atoms with Crippen LogP contribution in [-0.2, 0) is 0 Å². The number of nitro benzene ring substituents is 1. The summed E-state index contributed by atoms with van der Waals surface area (Å²) in [4.78, 5) is 23.7. The molecule has 0 unspecified atom stereocenters. The van der Waals surface area contributed by atoms with E-state index in [9.17, 15) is 19.3 Å². The summed E-state index contributed by atoms with van der Waals surface area (Å²) in [6.45, 7) is 2.60.